The molecular weight excluding hydrogens is 292 g/mol. The van der Waals surface area contributed by atoms with E-state index in [9.17, 15) is 0 Å². The minimum Gasteiger partial charge on any atom is -0.373 e. The highest BCUT2D eigenvalue weighted by atomic mass is 32.1. The van der Waals surface area contributed by atoms with Crippen LogP contribution in [0.4, 0.5) is 0 Å². The lowest BCUT2D eigenvalue weighted by Gasteiger charge is -2.35. The molecule has 1 aromatic carbocycles. The summed E-state index contributed by atoms with van der Waals surface area (Å²) in [6.45, 7) is 9.68. The van der Waals surface area contributed by atoms with Crippen LogP contribution in [0, 0.1) is 0 Å². The first-order valence-electron chi connectivity index (χ1n) is 8.26. The fourth-order valence-corrected chi connectivity index (χ4v) is 4.25. The van der Waals surface area contributed by atoms with Crippen molar-refractivity contribution in [3.63, 3.8) is 0 Å². The molecule has 1 aromatic heterocycles. The van der Waals surface area contributed by atoms with Gasteiger partial charge in [0.15, 0.2) is 0 Å². The van der Waals surface area contributed by atoms with Crippen molar-refractivity contribution in [2.45, 2.75) is 39.0 Å². The Kier molecular flexibility index (Phi) is 5.47. The molecule has 1 N–H and O–H groups in total. The van der Waals surface area contributed by atoms with Crippen molar-refractivity contribution in [1.82, 2.24) is 10.2 Å². The van der Waals surface area contributed by atoms with Crippen molar-refractivity contribution in [3.05, 3.63) is 35.2 Å². The van der Waals surface area contributed by atoms with Crippen LogP contribution < -0.4 is 5.32 Å². The van der Waals surface area contributed by atoms with Gasteiger partial charge in [0.1, 0.15) is 0 Å². The molecule has 0 radical (unpaired) electrons. The van der Waals surface area contributed by atoms with E-state index >= 15 is 0 Å². The zero-order valence-corrected chi connectivity index (χ0v) is 14.4. The van der Waals surface area contributed by atoms with E-state index in [1.165, 1.54) is 22.1 Å². The number of thiophene rings is 1. The molecule has 2 atom stereocenters. The summed E-state index contributed by atoms with van der Waals surface area (Å²) in [4.78, 5) is 2.53. The second-order valence-corrected chi connectivity index (χ2v) is 7.22. The summed E-state index contributed by atoms with van der Waals surface area (Å²) in [5.41, 5.74) is 1.43. The molecule has 3 nitrogen and oxygen atoms in total. The van der Waals surface area contributed by atoms with Crippen LogP contribution in [-0.4, -0.2) is 43.3 Å². The van der Waals surface area contributed by atoms with Crippen molar-refractivity contribution < 1.29 is 4.74 Å². The molecule has 1 aliphatic rings. The van der Waals surface area contributed by atoms with Crippen molar-refractivity contribution in [2.24, 2.45) is 0 Å². The van der Waals surface area contributed by atoms with Crippen LogP contribution >= 0.6 is 11.3 Å². The number of hydrogen-bond donors (Lipinski definition) is 1. The van der Waals surface area contributed by atoms with E-state index < -0.39 is 0 Å². The van der Waals surface area contributed by atoms with Gasteiger partial charge in [0.25, 0.3) is 0 Å². The molecule has 1 fully saturated rings. The van der Waals surface area contributed by atoms with Crippen LogP contribution in [0.3, 0.4) is 0 Å². The highest BCUT2D eigenvalue weighted by molar-refractivity contribution is 7.17. The molecule has 2 aromatic rings. The van der Waals surface area contributed by atoms with Crippen LogP contribution in [-0.2, 0) is 11.3 Å². The van der Waals surface area contributed by atoms with E-state index in [1.807, 2.05) is 11.3 Å². The second kappa shape index (κ2) is 7.55. The Morgan fingerprint density at radius 1 is 1.23 bits per heavy atom. The monoisotopic (exact) mass is 318 g/mol. The van der Waals surface area contributed by atoms with Gasteiger partial charge in [-0.25, -0.2) is 0 Å². The number of hydrogen-bond acceptors (Lipinski definition) is 4. The predicted octanol–water partition coefficient (Wildman–Crippen LogP) is 3.49. The van der Waals surface area contributed by atoms with Crippen LogP contribution in [0.15, 0.2) is 29.6 Å². The van der Waals surface area contributed by atoms with Crippen molar-refractivity contribution in [3.8, 4) is 0 Å². The summed E-state index contributed by atoms with van der Waals surface area (Å²) in [7, 11) is 0. The minimum absolute atomic E-state index is 0.369. The third-order valence-electron chi connectivity index (χ3n) is 4.20. The maximum absolute atomic E-state index is 5.78. The normalized spacial score (nSPS) is 23.2. The topological polar surface area (TPSA) is 24.5 Å². The standard InChI is InChI=1S/C18H26N2OS/c1-14-11-20(12-15(2)21-14)9-5-8-19-10-16-13-22-18-7-4-3-6-17(16)18/h3-4,6-7,13-15,19H,5,8-12H2,1-2H3. The van der Waals surface area contributed by atoms with Gasteiger partial charge in [-0.05, 0) is 55.8 Å². The van der Waals surface area contributed by atoms with E-state index in [1.54, 1.807) is 0 Å². The number of ether oxygens (including phenoxy) is 1. The fraction of sp³-hybridized carbons (Fsp3) is 0.556. The van der Waals surface area contributed by atoms with Gasteiger partial charge in [-0.2, -0.15) is 0 Å². The molecule has 0 amide bonds. The number of nitrogens with zero attached hydrogens (tertiary/aromatic N) is 1. The number of morpholine rings is 1. The lowest BCUT2D eigenvalue weighted by Crippen LogP contribution is -2.46. The third-order valence-corrected chi connectivity index (χ3v) is 5.21. The van der Waals surface area contributed by atoms with Crippen LogP contribution in [0.1, 0.15) is 25.8 Å². The van der Waals surface area contributed by atoms with E-state index in [0.717, 1.165) is 32.7 Å². The molecule has 2 heterocycles. The average molecular weight is 318 g/mol. The van der Waals surface area contributed by atoms with E-state index in [-0.39, 0.29) is 0 Å². The van der Waals surface area contributed by atoms with Crippen molar-refractivity contribution in [1.29, 1.82) is 0 Å². The first-order valence-corrected chi connectivity index (χ1v) is 9.14. The zero-order chi connectivity index (χ0) is 15.4. The number of nitrogens with one attached hydrogen (secondary N) is 1. The first kappa shape index (κ1) is 15.9. The Hall–Kier alpha value is -0.940. The van der Waals surface area contributed by atoms with Gasteiger partial charge in [0.05, 0.1) is 12.2 Å². The highest BCUT2D eigenvalue weighted by Crippen LogP contribution is 2.25. The summed E-state index contributed by atoms with van der Waals surface area (Å²) in [5, 5.41) is 7.27. The minimum atomic E-state index is 0.369. The maximum atomic E-state index is 5.78. The SMILES string of the molecule is CC1CN(CCCNCc2csc3ccccc23)CC(C)O1. The number of rotatable bonds is 6. The van der Waals surface area contributed by atoms with Gasteiger partial charge in [0, 0.05) is 24.3 Å². The lowest BCUT2D eigenvalue weighted by molar-refractivity contribution is -0.0680. The number of fused-ring (bicyclic) bond motifs is 1. The Bertz CT molecular complexity index is 588. The van der Waals surface area contributed by atoms with E-state index in [2.05, 4.69) is 53.7 Å². The van der Waals surface area contributed by atoms with Crippen LogP contribution in [0.25, 0.3) is 10.1 Å². The predicted molar refractivity (Wildman–Crippen MR) is 94.6 cm³/mol. The van der Waals surface area contributed by atoms with Crippen molar-refractivity contribution >= 4 is 21.4 Å². The Morgan fingerprint density at radius 3 is 2.82 bits per heavy atom. The van der Waals surface area contributed by atoms with Gasteiger partial charge in [-0.15, -0.1) is 11.3 Å². The Morgan fingerprint density at radius 2 is 2.00 bits per heavy atom. The summed E-state index contributed by atoms with van der Waals surface area (Å²) in [6, 6.07) is 8.66. The van der Waals surface area contributed by atoms with E-state index in [0.29, 0.717) is 12.2 Å². The van der Waals surface area contributed by atoms with Gasteiger partial charge in [0.2, 0.25) is 0 Å². The summed E-state index contributed by atoms with van der Waals surface area (Å²) in [5.74, 6) is 0. The maximum Gasteiger partial charge on any atom is 0.0678 e. The van der Waals surface area contributed by atoms with Gasteiger partial charge in [-0.3, -0.25) is 4.90 Å². The molecule has 22 heavy (non-hydrogen) atoms. The molecule has 0 aliphatic carbocycles. The van der Waals surface area contributed by atoms with Gasteiger partial charge < -0.3 is 10.1 Å². The lowest BCUT2D eigenvalue weighted by atomic mass is 10.2. The van der Waals surface area contributed by atoms with Crippen LogP contribution in [0.5, 0.6) is 0 Å². The molecule has 0 bridgehead atoms. The summed E-state index contributed by atoms with van der Waals surface area (Å²) < 4.78 is 7.16. The molecule has 4 heteroatoms. The average Bonchev–Trinajstić information content (AvgIpc) is 2.89. The molecule has 0 saturated carbocycles. The fourth-order valence-electron chi connectivity index (χ4n) is 3.29. The second-order valence-electron chi connectivity index (χ2n) is 6.30. The zero-order valence-electron chi connectivity index (χ0n) is 13.5. The van der Waals surface area contributed by atoms with Crippen LogP contribution in [0.2, 0.25) is 0 Å². The molecule has 0 spiro atoms. The van der Waals surface area contributed by atoms with E-state index in [4.69, 9.17) is 4.74 Å². The first-order chi connectivity index (χ1) is 10.7. The Labute approximate surface area is 137 Å². The third kappa shape index (κ3) is 4.07. The summed E-state index contributed by atoms with van der Waals surface area (Å²) in [6.07, 6.45) is 1.93. The molecule has 1 saturated heterocycles. The molecule has 120 valence electrons. The molecular formula is C18H26N2OS. The highest BCUT2D eigenvalue weighted by Gasteiger charge is 2.21. The van der Waals surface area contributed by atoms with Gasteiger partial charge in [-0.1, -0.05) is 18.2 Å². The molecule has 2 unspecified atom stereocenters. The smallest absolute Gasteiger partial charge is 0.0678 e. The quantitative estimate of drug-likeness (QED) is 0.825. The summed E-state index contributed by atoms with van der Waals surface area (Å²) >= 11 is 1.84. The number of benzene rings is 1. The molecule has 3 rings (SSSR count). The Balaban J connectivity index is 1.39. The van der Waals surface area contributed by atoms with Crippen molar-refractivity contribution in [2.75, 3.05) is 26.2 Å². The molecule has 1 aliphatic heterocycles. The largest absolute Gasteiger partial charge is 0.373 e. The van der Waals surface area contributed by atoms with Gasteiger partial charge >= 0.3 is 0 Å².